The highest BCUT2D eigenvalue weighted by Gasteiger charge is 2.22. The normalized spacial score (nSPS) is 13.5. The number of aromatic nitrogens is 2. The second kappa shape index (κ2) is 8.06. The van der Waals surface area contributed by atoms with Crippen LogP contribution in [0, 0.1) is 18.6 Å². The number of hydrogen-bond acceptors (Lipinski definition) is 4. The lowest BCUT2D eigenvalue weighted by Gasteiger charge is -2.22. The summed E-state index contributed by atoms with van der Waals surface area (Å²) in [7, 11) is 0. The number of nitrogens with one attached hydrogen (secondary N) is 1. The first-order valence-electron chi connectivity index (χ1n) is 9.66. The summed E-state index contributed by atoms with van der Waals surface area (Å²) in [6, 6.07) is 11.7. The van der Waals surface area contributed by atoms with Crippen molar-refractivity contribution in [1.29, 1.82) is 0 Å². The van der Waals surface area contributed by atoms with Gasteiger partial charge in [0.2, 0.25) is 5.43 Å². The third-order valence-corrected chi connectivity index (χ3v) is 5.08. The predicted molar refractivity (Wildman–Crippen MR) is 110 cm³/mol. The molecule has 30 heavy (non-hydrogen) atoms. The van der Waals surface area contributed by atoms with E-state index in [9.17, 15) is 18.4 Å². The molecule has 0 radical (unpaired) electrons. The molecule has 8 heteroatoms. The van der Waals surface area contributed by atoms with Gasteiger partial charge in [0.1, 0.15) is 23.0 Å². The van der Waals surface area contributed by atoms with Crippen LogP contribution in [0.2, 0.25) is 0 Å². The fourth-order valence-corrected chi connectivity index (χ4v) is 3.60. The number of aryl methyl sites for hydroxylation is 1. The molecular formula is C22H20F2N4O2. The molecule has 0 spiro atoms. The number of carbonyl (C=O) groups is 1. The minimum atomic E-state index is -0.851. The smallest absolute Gasteiger partial charge is 0.280 e. The molecule has 1 N–H and O–H groups in total. The second-order valence-corrected chi connectivity index (χ2v) is 7.14. The molecule has 1 aromatic heterocycles. The zero-order valence-electron chi connectivity index (χ0n) is 16.4. The average molecular weight is 410 g/mol. The summed E-state index contributed by atoms with van der Waals surface area (Å²) in [5.74, 6) is -2.00. The van der Waals surface area contributed by atoms with Crippen molar-refractivity contribution in [2.45, 2.75) is 19.8 Å². The van der Waals surface area contributed by atoms with Gasteiger partial charge < -0.3 is 10.2 Å². The third-order valence-electron chi connectivity index (χ3n) is 5.08. The Balaban J connectivity index is 1.73. The Morgan fingerprint density at radius 2 is 1.67 bits per heavy atom. The summed E-state index contributed by atoms with van der Waals surface area (Å²) < 4.78 is 30.0. The fraction of sp³-hybridized carbons (Fsp3) is 0.227. The Bertz CT molecular complexity index is 1170. The predicted octanol–water partition coefficient (Wildman–Crippen LogP) is 3.67. The maximum atomic E-state index is 14.5. The standard InChI is InChI=1S/C22H20F2N4O2/c1-14-13-19(29)21(26-28(14)17-9-3-2-7-15(17)23)22(30)25-20-16(24)8-6-10-18(20)27-11-4-5-12-27/h2-3,6-10,13H,4-5,11-12H2,1H3,(H,25,30). The summed E-state index contributed by atoms with van der Waals surface area (Å²) >= 11 is 0. The van der Waals surface area contributed by atoms with Gasteiger partial charge in [-0.2, -0.15) is 5.10 Å². The number of nitrogens with zero attached hydrogens (tertiary/aromatic N) is 3. The lowest BCUT2D eigenvalue weighted by Crippen LogP contribution is -2.28. The first-order valence-corrected chi connectivity index (χ1v) is 9.66. The lowest BCUT2D eigenvalue weighted by atomic mass is 10.2. The molecule has 0 aliphatic carbocycles. The Labute approximate surface area is 171 Å². The van der Waals surface area contributed by atoms with E-state index in [2.05, 4.69) is 10.4 Å². The molecule has 4 rings (SSSR count). The largest absolute Gasteiger partial charge is 0.370 e. The van der Waals surface area contributed by atoms with E-state index in [1.165, 1.54) is 35.0 Å². The number of halogens is 2. The summed E-state index contributed by atoms with van der Waals surface area (Å²) in [6.45, 7) is 3.11. The number of para-hydroxylation sites is 2. The van der Waals surface area contributed by atoms with Gasteiger partial charge in [-0.1, -0.05) is 18.2 Å². The van der Waals surface area contributed by atoms with Crippen LogP contribution in [0.25, 0.3) is 5.69 Å². The number of hydrogen-bond donors (Lipinski definition) is 1. The van der Waals surface area contributed by atoms with Crippen molar-refractivity contribution in [2.75, 3.05) is 23.3 Å². The molecule has 1 fully saturated rings. The van der Waals surface area contributed by atoms with Crippen LogP contribution < -0.4 is 15.6 Å². The molecule has 3 aromatic rings. The highest BCUT2D eigenvalue weighted by Crippen LogP contribution is 2.31. The van der Waals surface area contributed by atoms with Crippen LogP contribution >= 0.6 is 0 Å². The highest BCUT2D eigenvalue weighted by atomic mass is 19.1. The van der Waals surface area contributed by atoms with E-state index in [1.54, 1.807) is 25.1 Å². The van der Waals surface area contributed by atoms with E-state index in [0.29, 0.717) is 11.4 Å². The molecule has 2 heterocycles. The zero-order chi connectivity index (χ0) is 21.3. The molecule has 6 nitrogen and oxygen atoms in total. The summed E-state index contributed by atoms with van der Waals surface area (Å²) in [4.78, 5) is 27.3. The maximum absolute atomic E-state index is 14.5. The molecular weight excluding hydrogens is 390 g/mol. The number of carbonyl (C=O) groups excluding carboxylic acids is 1. The summed E-state index contributed by atoms with van der Waals surface area (Å²) in [6.07, 6.45) is 1.97. The van der Waals surface area contributed by atoms with Crippen LogP contribution in [-0.4, -0.2) is 28.8 Å². The number of benzene rings is 2. The van der Waals surface area contributed by atoms with Crippen LogP contribution in [0.5, 0.6) is 0 Å². The van der Waals surface area contributed by atoms with Gasteiger partial charge in [-0.3, -0.25) is 9.59 Å². The molecule has 1 amide bonds. The molecule has 2 aromatic carbocycles. The molecule has 1 saturated heterocycles. The van der Waals surface area contributed by atoms with Gasteiger partial charge in [0, 0.05) is 24.8 Å². The molecule has 0 bridgehead atoms. The summed E-state index contributed by atoms with van der Waals surface area (Å²) in [5, 5.41) is 6.57. The Morgan fingerprint density at radius 3 is 2.40 bits per heavy atom. The SMILES string of the molecule is Cc1cc(=O)c(C(=O)Nc2c(F)cccc2N2CCCC2)nn1-c1ccccc1F. The molecule has 0 unspecified atom stereocenters. The van der Waals surface area contributed by atoms with Crippen LogP contribution in [-0.2, 0) is 0 Å². The molecule has 1 aliphatic rings. The summed E-state index contributed by atoms with van der Waals surface area (Å²) in [5.41, 5.74) is -0.0415. The first kappa shape index (κ1) is 19.8. The van der Waals surface area contributed by atoms with Gasteiger partial charge in [-0.05, 0) is 44.0 Å². The number of anilines is 2. The molecule has 1 aliphatic heterocycles. The fourth-order valence-electron chi connectivity index (χ4n) is 3.60. The van der Waals surface area contributed by atoms with E-state index in [0.717, 1.165) is 25.9 Å². The minimum absolute atomic E-state index is 0.00335. The van der Waals surface area contributed by atoms with Crippen molar-refractivity contribution in [3.05, 3.63) is 81.8 Å². The lowest BCUT2D eigenvalue weighted by molar-refractivity contribution is 0.101. The third kappa shape index (κ3) is 3.68. The van der Waals surface area contributed by atoms with E-state index < -0.39 is 28.7 Å². The van der Waals surface area contributed by atoms with Crippen molar-refractivity contribution in [3.63, 3.8) is 0 Å². The van der Waals surface area contributed by atoms with Crippen molar-refractivity contribution >= 4 is 17.3 Å². The number of amides is 1. The Kier molecular flexibility index (Phi) is 5.31. The van der Waals surface area contributed by atoms with Crippen molar-refractivity contribution in [2.24, 2.45) is 0 Å². The van der Waals surface area contributed by atoms with Gasteiger partial charge in [0.05, 0.1) is 5.69 Å². The van der Waals surface area contributed by atoms with Crippen LogP contribution in [0.15, 0.2) is 53.3 Å². The van der Waals surface area contributed by atoms with Crippen molar-refractivity contribution in [3.8, 4) is 5.69 Å². The van der Waals surface area contributed by atoms with E-state index in [4.69, 9.17) is 0 Å². The average Bonchev–Trinajstić information content (AvgIpc) is 3.25. The van der Waals surface area contributed by atoms with Gasteiger partial charge in [-0.25, -0.2) is 13.5 Å². The molecule has 0 atom stereocenters. The van der Waals surface area contributed by atoms with Gasteiger partial charge >= 0.3 is 0 Å². The van der Waals surface area contributed by atoms with Crippen LogP contribution in [0.1, 0.15) is 29.0 Å². The van der Waals surface area contributed by atoms with Gasteiger partial charge in [0.25, 0.3) is 5.91 Å². The Morgan fingerprint density at radius 1 is 1.00 bits per heavy atom. The molecule has 154 valence electrons. The van der Waals surface area contributed by atoms with Crippen LogP contribution in [0.4, 0.5) is 20.2 Å². The van der Waals surface area contributed by atoms with E-state index >= 15 is 0 Å². The minimum Gasteiger partial charge on any atom is -0.370 e. The van der Waals surface area contributed by atoms with Gasteiger partial charge in [-0.15, -0.1) is 0 Å². The molecule has 0 saturated carbocycles. The quantitative estimate of drug-likeness (QED) is 0.713. The topological polar surface area (TPSA) is 67.2 Å². The monoisotopic (exact) mass is 410 g/mol. The maximum Gasteiger partial charge on any atom is 0.280 e. The highest BCUT2D eigenvalue weighted by molar-refractivity contribution is 6.04. The van der Waals surface area contributed by atoms with E-state index in [1.807, 2.05) is 4.90 Å². The second-order valence-electron chi connectivity index (χ2n) is 7.14. The van der Waals surface area contributed by atoms with Crippen molar-refractivity contribution < 1.29 is 13.6 Å². The zero-order valence-corrected chi connectivity index (χ0v) is 16.4. The number of rotatable bonds is 4. The first-order chi connectivity index (χ1) is 14.5. The van der Waals surface area contributed by atoms with Crippen LogP contribution in [0.3, 0.4) is 0 Å². The van der Waals surface area contributed by atoms with Gasteiger partial charge in [0.15, 0.2) is 5.69 Å². The Hall–Kier alpha value is -3.55. The van der Waals surface area contributed by atoms with E-state index in [-0.39, 0.29) is 11.4 Å². The van der Waals surface area contributed by atoms with Crippen molar-refractivity contribution in [1.82, 2.24) is 9.78 Å².